The van der Waals surface area contributed by atoms with Crippen molar-refractivity contribution in [2.45, 2.75) is 58.3 Å². The van der Waals surface area contributed by atoms with Crippen LogP contribution in [0.15, 0.2) is 18.7 Å². The molecule has 0 N–H and O–H groups in total. The molecular formula is C13H30N2O6Si6+. The number of nitrogens with zero attached hydrogens (tertiary/aromatic N) is 2. The predicted molar refractivity (Wildman–Crippen MR) is 111 cm³/mol. The fourth-order valence-corrected chi connectivity index (χ4v) is 19.1. The Morgan fingerprint density at radius 3 is 1.78 bits per heavy atom. The van der Waals surface area contributed by atoms with Crippen LogP contribution >= 0.6 is 0 Å². The van der Waals surface area contributed by atoms with Crippen molar-refractivity contribution < 1.29 is 29.3 Å². The van der Waals surface area contributed by atoms with Gasteiger partial charge in [0.15, 0.2) is 0 Å². The quantitative estimate of drug-likeness (QED) is 0.482. The first-order valence-electron chi connectivity index (χ1n) is 8.93. The van der Waals surface area contributed by atoms with Gasteiger partial charge in [0.25, 0.3) is 0 Å². The lowest BCUT2D eigenvalue weighted by molar-refractivity contribution is -0.671. The second-order valence-electron chi connectivity index (χ2n) is 6.62. The van der Waals surface area contributed by atoms with Crippen LogP contribution in [0.3, 0.4) is 0 Å². The molecule has 1 aliphatic heterocycles. The topological polar surface area (TPSA) is 64.2 Å². The number of rotatable bonds is 4. The van der Waals surface area contributed by atoms with E-state index in [1.54, 1.807) is 0 Å². The minimum absolute atomic E-state index is 0.897. The second-order valence-corrected chi connectivity index (χ2v) is 19.2. The molecule has 2 heterocycles. The van der Waals surface area contributed by atoms with Gasteiger partial charge in [-0.25, -0.2) is 9.13 Å². The molecule has 151 valence electrons. The largest absolute Gasteiger partial charge is 0.415 e. The van der Waals surface area contributed by atoms with E-state index in [-0.39, 0.29) is 0 Å². The van der Waals surface area contributed by atoms with Gasteiger partial charge in [-0.3, -0.25) is 0 Å². The van der Waals surface area contributed by atoms with Crippen molar-refractivity contribution in [1.29, 1.82) is 0 Å². The summed E-state index contributed by atoms with van der Waals surface area (Å²) in [6.45, 7) is 13.1. The summed E-state index contributed by atoms with van der Waals surface area (Å²) >= 11 is 0. The van der Waals surface area contributed by atoms with Crippen LogP contribution in [-0.2, 0) is 38.3 Å². The van der Waals surface area contributed by atoms with Crippen LogP contribution in [0.1, 0.15) is 6.42 Å². The number of imidazole rings is 1. The first kappa shape index (κ1) is 23.5. The summed E-state index contributed by atoms with van der Waals surface area (Å²) in [5.74, 6) is 0. The van der Waals surface area contributed by atoms with E-state index >= 15 is 0 Å². The summed E-state index contributed by atoms with van der Waals surface area (Å²) < 4.78 is 41.1. The van der Waals surface area contributed by atoms with Gasteiger partial charge in [0.2, 0.25) is 6.33 Å². The number of hydrogen-bond acceptors (Lipinski definition) is 6. The highest BCUT2D eigenvalue weighted by molar-refractivity contribution is 6.80. The molecule has 8 nitrogen and oxygen atoms in total. The Labute approximate surface area is 172 Å². The molecule has 0 aliphatic carbocycles. The van der Waals surface area contributed by atoms with E-state index in [2.05, 4.69) is 23.6 Å². The minimum atomic E-state index is -2.41. The monoisotopic (exact) mass is 478 g/mol. The Morgan fingerprint density at radius 1 is 0.852 bits per heavy atom. The smallest absolute Gasteiger partial charge is 0.362 e. The molecule has 1 aliphatic rings. The highest BCUT2D eigenvalue weighted by Crippen LogP contribution is 2.21. The van der Waals surface area contributed by atoms with Crippen LogP contribution < -0.4 is 4.57 Å². The first-order chi connectivity index (χ1) is 12.6. The van der Waals surface area contributed by atoms with Crippen molar-refractivity contribution >= 4 is 55.0 Å². The van der Waals surface area contributed by atoms with E-state index < -0.39 is 55.0 Å². The molecule has 1 saturated heterocycles. The third kappa shape index (κ3) is 8.66. The molecule has 0 aromatic carbocycles. The summed E-state index contributed by atoms with van der Waals surface area (Å²) in [4.78, 5) is 0. The predicted octanol–water partition coefficient (Wildman–Crippen LogP) is 1.48. The van der Waals surface area contributed by atoms with Gasteiger partial charge in [-0.2, -0.15) is 0 Å². The molecule has 1 aromatic rings. The van der Waals surface area contributed by atoms with Crippen LogP contribution in [0.2, 0.25) is 45.3 Å². The Hall–Kier alpha value is 0.271. The molecule has 5 radical (unpaired) electrons. The highest BCUT2D eigenvalue weighted by Gasteiger charge is 2.39. The Morgan fingerprint density at radius 2 is 1.33 bits per heavy atom. The summed E-state index contributed by atoms with van der Waals surface area (Å²) in [6, 6.07) is 0.897. The van der Waals surface area contributed by atoms with Crippen LogP contribution in [0.5, 0.6) is 0 Å². The standard InChI is InChI=1S/C13H30N2O6Si6/c1-14-10-11-15(13-14)9-8-12-27(7)20-25(5)18-23(3)16-22(2)17-24(4)19-26(6)21-27/h10-11,13H,8-9,12H2,1-7H3/q+1. The van der Waals surface area contributed by atoms with Crippen LogP contribution in [0.4, 0.5) is 0 Å². The first-order valence-corrected chi connectivity index (χ1v) is 20.5. The molecule has 2 rings (SSSR count). The lowest BCUT2D eigenvalue weighted by atomic mass is 10.5. The molecule has 14 heteroatoms. The fraction of sp³-hybridized carbons (Fsp3) is 0.769. The average molecular weight is 479 g/mol. The number of aryl methyl sites for hydroxylation is 2. The zero-order valence-electron chi connectivity index (χ0n) is 17.2. The maximum absolute atomic E-state index is 6.42. The molecule has 0 amide bonds. The minimum Gasteiger partial charge on any atom is -0.415 e. The van der Waals surface area contributed by atoms with Gasteiger partial charge >= 0.3 is 55.0 Å². The van der Waals surface area contributed by atoms with E-state index in [0.717, 1.165) is 19.0 Å². The lowest BCUT2D eigenvalue weighted by Crippen LogP contribution is -2.51. The normalized spacial score (nSPS) is 23.2. The molecular weight excluding hydrogens is 449 g/mol. The number of hydrogen-bond donors (Lipinski definition) is 0. The molecule has 0 spiro atoms. The van der Waals surface area contributed by atoms with Crippen LogP contribution in [0.25, 0.3) is 0 Å². The molecule has 27 heavy (non-hydrogen) atoms. The zero-order valence-corrected chi connectivity index (χ0v) is 23.2. The molecule has 0 unspecified atom stereocenters. The fourth-order valence-electron chi connectivity index (χ4n) is 2.86. The maximum atomic E-state index is 6.42. The Bertz CT molecular complexity index is 561. The molecule has 0 saturated carbocycles. The van der Waals surface area contributed by atoms with Crippen molar-refractivity contribution in [2.24, 2.45) is 7.05 Å². The van der Waals surface area contributed by atoms with Gasteiger partial charge in [-0.1, -0.05) is 0 Å². The molecule has 0 bridgehead atoms. The third-order valence-corrected chi connectivity index (χ3v) is 20.0. The lowest BCUT2D eigenvalue weighted by Gasteiger charge is -2.33. The zero-order chi connectivity index (χ0) is 20.0. The molecule has 1 aromatic heterocycles. The second kappa shape index (κ2) is 10.9. The SMILES string of the molecule is C[n+]1ccn(CCC[Si]2(C)O[Si](C)O[Si](C)O[Si](C)O[Si](C)O[Si](C)O2)c1. The Balaban J connectivity index is 2.01. The van der Waals surface area contributed by atoms with E-state index in [9.17, 15) is 0 Å². The van der Waals surface area contributed by atoms with E-state index in [1.807, 2.05) is 50.5 Å². The van der Waals surface area contributed by atoms with Crippen molar-refractivity contribution in [3.8, 4) is 0 Å². The summed E-state index contributed by atoms with van der Waals surface area (Å²) in [6.07, 6.45) is 7.20. The summed E-state index contributed by atoms with van der Waals surface area (Å²) in [7, 11) is -7.43. The van der Waals surface area contributed by atoms with E-state index in [0.29, 0.717) is 0 Å². The number of aromatic nitrogens is 2. The van der Waals surface area contributed by atoms with Crippen molar-refractivity contribution in [3.05, 3.63) is 18.7 Å². The van der Waals surface area contributed by atoms with Crippen LogP contribution in [0, 0.1) is 0 Å². The third-order valence-electron chi connectivity index (χ3n) is 3.74. The van der Waals surface area contributed by atoms with Crippen molar-refractivity contribution in [2.75, 3.05) is 0 Å². The Kier molecular flexibility index (Phi) is 9.49. The maximum Gasteiger partial charge on any atom is 0.362 e. The van der Waals surface area contributed by atoms with Crippen molar-refractivity contribution in [1.82, 2.24) is 4.57 Å². The van der Waals surface area contributed by atoms with Gasteiger partial charge in [0.05, 0.1) is 13.6 Å². The molecule has 0 atom stereocenters. The van der Waals surface area contributed by atoms with Gasteiger partial charge in [0, 0.05) is 0 Å². The average Bonchev–Trinajstić information content (AvgIpc) is 2.90. The van der Waals surface area contributed by atoms with Gasteiger partial charge in [-0.05, 0) is 51.7 Å². The van der Waals surface area contributed by atoms with Gasteiger partial charge < -0.3 is 24.7 Å². The van der Waals surface area contributed by atoms with Gasteiger partial charge in [0.1, 0.15) is 12.4 Å². The highest BCUT2D eigenvalue weighted by atomic mass is 28.5. The van der Waals surface area contributed by atoms with Crippen molar-refractivity contribution in [3.63, 3.8) is 0 Å². The molecule has 1 fully saturated rings. The summed E-state index contributed by atoms with van der Waals surface area (Å²) in [5.41, 5.74) is 0. The van der Waals surface area contributed by atoms with Crippen LogP contribution in [-0.4, -0.2) is 59.5 Å². The van der Waals surface area contributed by atoms with E-state index in [4.69, 9.17) is 24.7 Å². The van der Waals surface area contributed by atoms with E-state index in [1.165, 1.54) is 0 Å². The summed E-state index contributed by atoms with van der Waals surface area (Å²) in [5, 5.41) is 0. The van der Waals surface area contributed by atoms with Gasteiger partial charge in [-0.15, -0.1) is 0 Å².